The Bertz CT molecular complexity index is 935. The third kappa shape index (κ3) is 4.42. The Morgan fingerprint density at radius 1 is 1.13 bits per heavy atom. The monoisotopic (exact) mass is 431 g/mol. The highest BCUT2D eigenvalue weighted by atomic mass is 32.2. The van der Waals surface area contributed by atoms with Crippen LogP contribution in [0.2, 0.25) is 0 Å². The summed E-state index contributed by atoms with van der Waals surface area (Å²) in [5, 5.41) is 6.87. The number of hydrogen-bond donors (Lipinski definition) is 1. The maximum absolute atomic E-state index is 13.1. The summed E-state index contributed by atoms with van der Waals surface area (Å²) in [5.41, 5.74) is 2.54. The highest BCUT2D eigenvalue weighted by Crippen LogP contribution is 2.38. The van der Waals surface area contributed by atoms with E-state index in [0.29, 0.717) is 16.3 Å². The van der Waals surface area contributed by atoms with Crippen LogP contribution in [0, 0.1) is 13.8 Å². The van der Waals surface area contributed by atoms with Crippen molar-refractivity contribution in [3.63, 3.8) is 0 Å². The first-order valence-electron chi connectivity index (χ1n) is 11.1. The molecule has 2 bridgehead atoms. The summed E-state index contributed by atoms with van der Waals surface area (Å²) in [5.74, 6) is 0.993. The average molecular weight is 432 g/mol. The summed E-state index contributed by atoms with van der Waals surface area (Å²) in [6.07, 6.45) is 7.53. The van der Waals surface area contributed by atoms with Crippen LogP contribution in [-0.4, -0.2) is 47.6 Å². The van der Waals surface area contributed by atoms with Crippen molar-refractivity contribution in [2.45, 2.75) is 88.8 Å². The lowest BCUT2D eigenvalue weighted by atomic mass is 10.0. The lowest BCUT2D eigenvalue weighted by molar-refractivity contribution is 0.0609. The highest BCUT2D eigenvalue weighted by Gasteiger charge is 2.43. The van der Waals surface area contributed by atoms with E-state index in [0.717, 1.165) is 37.9 Å². The van der Waals surface area contributed by atoms with E-state index in [1.807, 2.05) is 0 Å². The molecule has 1 unspecified atom stereocenters. The van der Waals surface area contributed by atoms with Gasteiger partial charge in [0.05, 0.1) is 11.4 Å². The normalized spacial score (nSPS) is 24.3. The largest absolute Gasteiger partial charge is 0.490 e. The molecule has 1 aromatic carbocycles. The minimum absolute atomic E-state index is 0.0718. The van der Waals surface area contributed by atoms with Gasteiger partial charge in [0.2, 0.25) is 0 Å². The van der Waals surface area contributed by atoms with Crippen molar-refractivity contribution in [2.24, 2.45) is 0 Å². The topological polar surface area (TPSA) is 75.3 Å². The van der Waals surface area contributed by atoms with Crippen LogP contribution >= 0.6 is 0 Å². The Morgan fingerprint density at radius 2 is 1.80 bits per heavy atom. The van der Waals surface area contributed by atoms with Crippen LogP contribution in [-0.2, 0) is 16.3 Å². The lowest BCUT2D eigenvalue weighted by Gasteiger charge is -2.38. The van der Waals surface area contributed by atoms with Gasteiger partial charge in [0.15, 0.2) is 9.84 Å². The number of aromatic amines is 1. The second kappa shape index (κ2) is 8.71. The van der Waals surface area contributed by atoms with Gasteiger partial charge < -0.3 is 4.74 Å². The molecule has 0 aliphatic carbocycles. The number of hydrogen-bond acceptors (Lipinski definition) is 5. The van der Waals surface area contributed by atoms with Gasteiger partial charge in [0.1, 0.15) is 22.6 Å². The van der Waals surface area contributed by atoms with E-state index in [-0.39, 0.29) is 24.1 Å². The fraction of sp³-hybridized carbons (Fsp3) is 0.609. The molecule has 3 atom stereocenters. The first kappa shape index (κ1) is 21.4. The van der Waals surface area contributed by atoms with Crippen LogP contribution in [0.15, 0.2) is 29.2 Å². The summed E-state index contributed by atoms with van der Waals surface area (Å²) in [6.45, 7) is 5.73. The molecular weight excluding hydrogens is 398 g/mol. The Hall–Kier alpha value is -1.86. The van der Waals surface area contributed by atoms with Gasteiger partial charge in [0, 0.05) is 12.1 Å². The number of unbranched alkanes of at least 4 members (excludes halogenated alkanes) is 1. The van der Waals surface area contributed by atoms with Crippen molar-refractivity contribution in [2.75, 3.05) is 5.88 Å². The number of ether oxygens (including phenoxy) is 1. The fourth-order valence-electron chi connectivity index (χ4n) is 5.10. The van der Waals surface area contributed by atoms with E-state index in [2.05, 4.69) is 46.3 Å². The standard InChI is InChI=1S/C23H33N3O3S/c1-4-5-6-18-7-11-21(12-8-18)29-22-13-19-9-10-20(14-22)26(19)15-30(27,28)23-16(2)24-25-17(23)3/h7-8,11-12,19-20,22H,4-6,9-10,13-15H2,1-3H3,(H,24,25)/t19-,20+,22?. The second-order valence-electron chi connectivity index (χ2n) is 8.86. The number of aryl methyl sites for hydroxylation is 3. The van der Waals surface area contributed by atoms with Gasteiger partial charge in [-0.15, -0.1) is 0 Å². The van der Waals surface area contributed by atoms with Crippen LogP contribution in [0.5, 0.6) is 5.75 Å². The number of sulfone groups is 1. The molecule has 2 aliphatic heterocycles. The number of aromatic nitrogens is 2. The molecule has 0 saturated carbocycles. The molecular formula is C23H33N3O3S. The van der Waals surface area contributed by atoms with E-state index in [4.69, 9.17) is 4.74 Å². The van der Waals surface area contributed by atoms with Crippen molar-refractivity contribution in [1.82, 2.24) is 15.1 Å². The number of nitrogens with zero attached hydrogens (tertiary/aromatic N) is 2. The molecule has 30 heavy (non-hydrogen) atoms. The molecule has 2 aliphatic rings. The third-order valence-electron chi connectivity index (χ3n) is 6.58. The quantitative estimate of drug-likeness (QED) is 0.679. The number of piperidine rings is 1. The molecule has 3 heterocycles. The molecule has 6 nitrogen and oxygen atoms in total. The first-order valence-corrected chi connectivity index (χ1v) is 12.8. The molecule has 7 heteroatoms. The molecule has 2 aromatic rings. The number of fused-ring (bicyclic) bond motifs is 2. The predicted octanol–water partition coefficient (Wildman–Crippen LogP) is 4.17. The van der Waals surface area contributed by atoms with Crippen LogP contribution in [0.4, 0.5) is 0 Å². The minimum atomic E-state index is -3.40. The van der Waals surface area contributed by atoms with Crippen molar-refractivity contribution in [1.29, 1.82) is 0 Å². The van der Waals surface area contributed by atoms with E-state index in [1.54, 1.807) is 13.8 Å². The van der Waals surface area contributed by atoms with Crippen LogP contribution in [0.1, 0.15) is 62.4 Å². The number of rotatable bonds is 8. The molecule has 4 rings (SSSR count). The predicted molar refractivity (Wildman–Crippen MR) is 117 cm³/mol. The van der Waals surface area contributed by atoms with Crippen molar-refractivity contribution < 1.29 is 13.2 Å². The van der Waals surface area contributed by atoms with Gasteiger partial charge >= 0.3 is 0 Å². The molecule has 0 radical (unpaired) electrons. The average Bonchev–Trinajstić information content (AvgIpc) is 3.15. The van der Waals surface area contributed by atoms with Gasteiger partial charge in [-0.3, -0.25) is 10.00 Å². The summed E-state index contributed by atoms with van der Waals surface area (Å²) >= 11 is 0. The maximum Gasteiger partial charge on any atom is 0.195 e. The van der Waals surface area contributed by atoms with Crippen molar-refractivity contribution in [3.8, 4) is 5.75 Å². The van der Waals surface area contributed by atoms with E-state index in [1.165, 1.54) is 18.4 Å². The molecule has 2 saturated heterocycles. The second-order valence-corrected chi connectivity index (χ2v) is 10.8. The van der Waals surface area contributed by atoms with E-state index < -0.39 is 9.84 Å². The molecule has 0 amide bonds. The van der Waals surface area contributed by atoms with Gasteiger partial charge in [0.25, 0.3) is 0 Å². The smallest absolute Gasteiger partial charge is 0.195 e. The maximum atomic E-state index is 13.1. The van der Waals surface area contributed by atoms with Gasteiger partial charge in [-0.2, -0.15) is 5.10 Å². The van der Waals surface area contributed by atoms with Crippen molar-refractivity contribution >= 4 is 9.84 Å². The highest BCUT2D eigenvalue weighted by molar-refractivity contribution is 7.91. The zero-order valence-electron chi connectivity index (χ0n) is 18.2. The van der Waals surface area contributed by atoms with Gasteiger partial charge in [-0.25, -0.2) is 8.42 Å². The summed E-state index contributed by atoms with van der Waals surface area (Å²) in [6, 6.07) is 9.01. The zero-order chi connectivity index (χ0) is 21.3. The van der Waals surface area contributed by atoms with E-state index in [9.17, 15) is 8.42 Å². The Labute approximate surface area is 179 Å². The van der Waals surface area contributed by atoms with E-state index >= 15 is 0 Å². The zero-order valence-corrected chi connectivity index (χ0v) is 19.0. The number of nitrogens with one attached hydrogen (secondary N) is 1. The summed E-state index contributed by atoms with van der Waals surface area (Å²) in [4.78, 5) is 2.55. The molecule has 2 fully saturated rings. The molecule has 1 aromatic heterocycles. The fourth-order valence-corrected chi connectivity index (χ4v) is 7.05. The Morgan fingerprint density at radius 3 is 2.37 bits per heavy atom. The summed E-state index contributed by atoms with van der Waals surface area (Å²) in [7, 11) is -3.40. The minimum Gasteiger partial charge on any atom is -0.490 e. The Kier molecular flexibility index (Phi) is 6.21. The SMILES string of the molecule is CCCCc1ccc(OC2C[C@H]3CC[C@@H](C2)N3CS(=O)(=O)c2c(C)n[nH]c2C)cc1. The molecule has 1 N–H and O–H groups in total. The lowest BCUT2D eigenvalue weighted by Crippen LogP contribution is -2.48. The van der Waals surface area contributed by atoms with Crippen LogP contribution in [0.3, 0.4) is 0 Å². The summed E-state index contributed by atoms with van der Waals surface area (Å²) < 4.78 is 32.4. The van der Waals surface area contributed by atoms with Gasteiger partial charge in [-0.05, 0) is 70.1 Å². The molecule has 0 spiro atoms. The van der Waals surface area contributed by atoms with Crippen LogP contribution in [0.25, 0.3) is 0 Å². The number of benzene rings is 1. The molecule has 164 valence electrons. The Balaban J connectivity index is 1.39. The third-order valence-corrected chi connectivity index (χ3v) is 8.44. The number of H-pyrrole nitrogens is 1. The van der Waals surface area contributed by atoms with Crippen molar-refractivity contribution in [3.05, 3.63) is 41.2 Å². The van der Waals surface area contributed by atoms with Crippen LogP contribution < -0.4 is 4.74 Å². The first-order chi connectivity index (χ1) is 14.4. The van der Waals surface area contributed by atoms with Gasteiger partial charge in [-0.1, -0.05) is 25.5 Å².